The summed E-state index contributed by atoms with van der Waals surface area (Å²) in [5.74, 6) is -0.0574. The highest BCUT2D eigenvalue weighted by Crippen LogP contribution is 2.29. The van der Waals surface area contributed by atoms with Crippen LogP contribution in [-0.4, -0.2) is 32.9 Å². The normalized spacial score (nSPS) is 20.1. The van der Waals surface area contributed by atoms with Gasteiger partial charge in [-0.05, 0) is 44.0 Å². The zero-order valence-corrected chi connectivity index (χ0v) is 13.6. The fourth-order valence-electron chi connectivity index (χ4n) is 2.77. The van der Waals surface area contributed by atoms with Gasteiger partial charge in [0.15, 0.2) is 0 Å². The summed E-state index contributed by atoms with van der Waals surface area (Å²) >= 11 is 0. The van der Waals surface area contributed by atoms with Gasteiger partial charge in [-0.2, -0.15) is 4.31 Å². The summed E-state index contributed by atoms with van der Waals surface area (Å²) in [7, 11) is -1.86. The number of rotatable bonds is 5. The van der Waals surface area contributed by atoms with Gasteiger partial charge in [0.2, 0.25) is 10.0 Å². The molecule has 0 spiro atoms. The van der Waals surface area contributed by atoms with Crippen molar-refractivity contribution in [2.45, 2.75) is 38.1 Å². The maximum atomic E-state index is 14.0. The van der Waals surface area contributed by atoms with Crippen molar-refractivity contribution >= 4 is 10.0 Å². The molecule has 6 heteroatoms. The van der Waals surface area contributed by atoms with Gasteiger partial charge >= 0.3 is 0 Å². The van der Waals surface area contributed by atoms with E-state index < -0.39 is 15.8 Å². The molecule has 0 bridgehead atoms. The maximum absolute atomic E-state index is 14.0. The van der Waals surface area contributed by atoms with Gasteiger partial charge in [0.25, 0.3) is 0 Å². The van der Waals surface area contributed by atoms with E-state index in [-0.39, 0.29) is 10.5 Å². The molecule has 0 aliphatic carbocycles. The van der Waals surface area contributed by atoms with Crippen LogP contribution in [0.25, 0.3) is 0 Å². The summed E-state index contributed by atoms with van der Waals surface area (Å²) < 4.78 is 41.0. The van der Waals surface area contributed by atoms with Crippen LogP contribution in [0.15, 0.2) is 17.0 Å². The molecule has 0 amide bonds. The van der Waals surface area contributed by atoms with Gasteiger partial charge in [-0.15, -0.1) is 0 Å². The average molecular weight is 314 g/mol. The largest absolute Gasteiger partial charge is 0.316 e. The van der Waals surface area contributed by atoms with Gasteiger partial charge in [0.1, 0.15) is 5.82 Å². The third-order valence-electron chi connectivity index (χ3n) is 4.18. The zero-order chi connectivity index (χ0) is 15.6. The second kappa shape index (κ2) is 6.42. The summed E-state index contributed by atoms with van der Waals surface area (Å²) in [5, 5.41) is 2.92. The molecule has 1 aliphatic rings. The average Bonchev–Trinajstić information content (AvgIpc) is 2.92. The summed E-state index contributed by atoms with van der Waals surface area (Å²) in [4.78, 5) is 0.101. The van der Waals surface area contributed by atoms with Gasteiger partial charge in [-0.1, -0.05) is 13.3 Å². The van der Waals surface area contributed by atoms with E-state index in [0.29, 0.717) is 31.1 Å². The van der Waals surface area contributed by atoms with Crippen LogP contribution in [0.5, 0.6) is 0 Å². The highest BCUT2D eigenvalue weighted by molar-refractivity contribution is 7.89. The van der Waals surface area contributed by atoms with Gasteiger partial charge in [-0.3, -0.25) is 0 Å². The molecule has 2 rings (SSSR count). The number of hydrogen-bond acceptors (Lipinski definition) is 3. The minimum absolute atomic E-state index is 0.101. The topological polar surface area (TPSA) is 49.4 Å². The Hall–Kier alpha value is -0.980. The minimum atomic E-state index is -3.61. The summed E-state index contributed by atoms with van der Waals surface area (Å²) in [6.45, 7) is 5.10. The number of benzene rings is 1. The number of nitrogens with zero attached hydrogens (tertiary/aromatic N) is 1. The molecule has 1 N–H and O–H groups in total. The Kier molecular flexibility index (Phi) is 5.01. The lowest BCUT2D eigenvalue weighted by Crippen LogP contribution is -2.29. The van der Waals surface area contributed by atoms with Crippen molar-refractivity contribution in [3.63, 3.8) is 0 Å². The molecule has 118 valence electrons. The highest BCUT2D eigenvalue weighted by Gasteiger charge is 2.33. The fraction of sp³-hybridized carbons (Fsp3) is 0.600. The molecule has 0 radical (unpaired) electrons. The molecule has 0 saturated carbocycles. The van der Waals surface area contributed by atoms with Crippen LogP contribution in [0, 0.1) is 18.7 Å². The van der Waals surface area contributed by atoms with E-state index >= 15 is 0 Å². The van der Waals surface area contributed by atoms with Crippen molar-refractivity contribution in [1.82, 2.24) is 9.62 Å². The van der Waals surface area contributed by atoms with Crippen molar-refractivity contribution in [3.8, 4) is 0 Å². The maximum Gasteiger partial charge on any atom is 0.243 e. The molecule has 1 aliphatic heterocycles. The molecule has 1 aromatic carbocycles. The summed E-state index contributed by atoms with van der Waals surface area (Å²) in [6.07, 6.45) is 1.85. The Morgan fingerprint density at radius 3 is 2.71 bits per heavy atom. The third-order valence-corrected chi connectivity index (χ3v) is 6.17. The number of nitrogens with one attached hydrogen (secondary N) is 1. The highest BCUT2D eigenvalue weighted by atomic mass is 32.2. The summed E-state index contributed by atoms with van der Waals surface area (Å²) in [6, 6.07) is 2.98. The van der Waals surface area contributed by atoms with Crippen LogP contribution >= 0.6 is 0 Å². The Morgan fingerprint density at radius 1 is 1.43 bits per heavy atom. The second-order valence-electron chi connectivity index (χ2n) is 5.66. The van der Waals surface area contributed by atoms with E-state index in [1.807, 2.05) is 0 Å². The monoisotopic (exact) mass is 314 g/mol. The predicted octanol–water partition coefficient (Wildman–Crippen LogP) is 2.27. The number of sulfonamides is 1. The van der Waals surface area contributed by atoms with E-state index in [4.69, 9.17) is 0 Å². The van der Waals surface area contributed by atoms with Gasteiger partial charge < -0.3 is 5.32 Å². The van der Waals surface area contributed by atoms with Crippen LogP contribution in [0.4, 0.5) is 4.39 Å². The lowest BCUT2D eigenvalue weighted by Gasteiger charge is -2.19. The number of halogens is 1. The minimum Gasteiger partial charge on any atom is -0.316 e. The van der Waals surface area contributed by atoms with E-state index in [1.54, 1.807) is 13.1 Å². The molecule has 1 atom stereocenters. The van der Waals surface area contributed by atoms with Gasteiger partial charge in [-0.25, -0.2) is 12.8 Å². The fourth-order valence-corrected chi connectivity index (χ4v) is 4.58. The van der Waals surface area contributed by atoms with E-state index in [2.05, 4.69) is 12.2 Å². The van der Waals surface area contributed by atoms with Crippen LogP contribution in [-0.2, 0) is 16.6 Å². The van der Waals surface area contributed by atoms with E-state index in [9.17, 15) is 12.8 Å². The van der Waals surface area contributed by atoms with Crippen molar-refractivity contribution in [1.29, 1.82) is 0 Å². The van der Waals surface area contributed by atoms with Crippen LogP contribution in [0.2, 0.25) is 0 Å². The molecule has 1 heterocycles. The first-order valence-corrected chi connectivity index (χ1v) is 8.78. The first-order valence-electron chi connectivity index (χ1n) is 7.34. The predicted molar refractivity (Wildman–Crippen MR) is 81.1 cm³/mol. The zero-order valence-electron chi connectivity index (χ0n) is 12.8. The second-order valence-corrected chi connectivity index (χ2v) is 7.56. The Morgan fingerprint density at radius 2 is 2.14 bits per heavy atom. The molecule has 0 aromatic heterocycles. The first-order chi connectivity index (χ1) is 9.90. The SMILES string of the molecule is CCC1CCN(S(=O)(=O)c2cc(CNC)cc(F)c2C)C1. The summed E-state index contributed by atoms with van der Waals surface area (Å²) in [5.41, 5.74) is 0.847. The number of hydrogen-bond donors (Lipinski definition) is 1. The molecule has 21 heavy (non-hydrogen) atoms. The lowest BCUT2D eigenvalue weighted by atomic mass is 10.1. The molecular weight excluding hydrogens is 291 g/mol. The van der Waals surface area contributed by atoms with Crippen molar-refractivity contribution in [3.05, 3.63) is 29.1 Å². The molecule has 4 nitrogen and oxygen atoms in total. The lowest BCUT2D eigenvalue weighted by molar-refractivity contribution is 0.451. The molecule has 1 aromatic rings. The van der Waals surface area contributed by atoms with Crippen LogP contribution in [0.1, 0.15) is 30.9 Å². The molecule has 1 fully saturated rings. The molecular formula is C15H23FN2O2S. The Labute approximate surface area is 126 Å². The van der Waals surface area contributed by atoms with E-state index in [1.165, 1.54) is 17.3 Å². The van der Waals surface area contributed by atoms with Crippen molar-refractivity contribution in [2.24, 2.45) is 5.92 Å². The van der Waals surface area contributed by atoms with Crippen LogP contribution in [0.3, 0.4) is 0 Å². The quantitative estimate of drug-likeness (QED) is 0.907. The van der Waals surface area contributed by atoms with E-state index in [0.717, 1.165) is 12.8 Å². The Bertz CT molecular complexity index is 616. The van der Waals surface area contributed by atoms with Gasteiger partial charge in [0.05, 0.1) is 4.90 Å². The first kappa shape index (κ1) is 16.4. The standard InChI is InChI=1S/C15H23FN2O2S/c1-4-12-5-6-18(10-12)21(19,20)15-8-13(9-17-3)7-14(16)11(15)2/h7-8,12,17H,4-6,9-10H2,1-3H3. The van der Waals surface area contributed by atoms with Gasteiger partial charge in [0, 0.05) is 25.2 Å². The van der Waals surface area contributed by atoms with Crippen molar-refractivity contribution in [2.75, 3.05) is 20.1 Å². The third kappa shape index (κ3) is 3.27. The Balaban J connectivity index is 2.40. The smallest absolute Gasteiger partial charge is 0.243 e. The van der Waals surface area contributed by atoms with Crippen molar-refractivity contribution < 1.29 is 12.8 Å². The molecule has 1 saturated heterocycles. The van der Waals surface area contributed by atoms with Crippen LogP contribution < -0.4 is 5.32 Å². The molecule has 1 unspecified atom stereocenters.